The average Bonchev–Trinajstić information content (AvgIpc) is 3.15. The summed E-state index contributed by atoms with van der Waals surface area (Å²) < 4.78 is 35.9. The van der Waals surface area contributed by atoms with Gasteiger partial charge in [-0.2, -0.15) is 13.1 Å². The Morgan fingerprint density at radius 2 is 2.03 bits per heavy atom. The standard InChI is InChI=1S/C19H27N5O4S2/c1-19(2,3)21-16(25)9-10-20-18(26)13-6-5-11-24(12-13)30(27,28)15-8-4-7-14-17(15)23-29-22-14/h4,7-8,13H,5-6,9-12H2,1-3H3,(H,20,26)(H,21,25)/t13-/m1/s1. The van der Waals surface area contributed by atoms with Crippen LogP contribution in [0.25, 0.3) is 11.0 Å². The number of fused-ring (bicyclic) bond motifs is 1. The summed E-state index contributed by atoms with van der Waals surface area (Å²) in [4.78, 5) is 24.6. The quantitative estimate of drug-likeness (QED) is 0.684. The number of aromatic nitrogens is 2. The van der Waals surface area contributed by atoms with Gasteiger partial charge < -0.3 is 10.6 Å². The largest absolute Gasteiger partial charge is 0.355 e. The molecule has 1 aromatic heterocycles. The molecule has 0 saturated carbocycles. The van der Waals surface area contributed by atoms with Crippen molar-refractivity contribution in [2.45, 2.75) is 50.5 Å². The molecule has 11 heteroatoms. The van der Waals surface area contributed by atoms with Crippen molar-refractivity contribution in [3.05, 3.63) is 18.2 Å². The van der Waals surface area contributed by atoms with Crippen LogP contribution in [0.2, 0.25) is 0 Å². The zero-order chi connectivity index (χ0) is 21.9. The lowest BCUT2D eigenvalue weighted by atomic mass is 9.99. The van der Waals surface area contributed by atoms with Crippen LogP contribution in [-0.4, -0.2) is 58.5 Å². The topological polar surface area (TPSA) is 121 Å². The Balaban J connectivity index is 1.61. The third-order valence-corrected chi connectivity index (χ3v) is 7.23. The number of piperidine rings is 1. The van der Waals surface area contributed by atoms with Crippen LogP contribution in [0.4, 0.5) is 0 Å². The second-order valence-electron chi connectivity index (χ2n) is 8.43. The number of carbonyl (C=O) groups excluding carboxylic acids is 2. The second-order valence-corrected chi connectivity index (χ2v) is 10.9. The molecule has 1 atom stereocenters. The fourth-order valence-electron chi connectivity index (χ4n) is 3.43. The molecule has 0 bridgehead atoms. The van der Waals surface area contributed by atoms with Crippen LogP contribution in [0.1, 0.15) is 40.0 Å². The van der Waals surface area contributed by atoms with E-state index in [1.54, 1.807) is 12.1 Å². The molecule has 164 valence electrons. The van der Waals surface area contributed by atoms with Gasteiger partial charge in [-0.3, -0.25) is 9.59 Å². The molecule has 3 rings (SSSR count). The molecule has 0 unspecified atom stereocenters. The first kappa shape index (κ1) is 22.6. The predicted molar refractivity (Wildman–Crippen MR) is 114 cm³/mol. The fourth-order valence-corrected chi connectivity index (χ4v) is 5.70. The van der Waals surface area contributed by atoms with Crippen molar-refractivity contribution in [3.63, 3.8) is 0 Å². The first-order chi connectivity index (χ1) is 14.1. The van der Waals surface area contributed by atoms with Crippen LogP contribution in [0.15, 0.2) is 23.1 Å². The summed E-state index contributed by atoms with van der Waals surface area (Å²) in [5, 5.41) is 5.61. The van der Waals surface area contributed by atoms with E-state index in [2.05, 4.69) is 19.4 Å². The van der Waals surface area contributed by atoms with Crippen LogP contribution in [-0.2, 0) is 19.6 Å². The van der Waals surface area contributed by atoms with E-state index < -0.39 is 15.9 Å². The van der Waals surface area contributed by atoms with Gasteiger partial charge in [0, 0.05) is 31.6 Å². The van der Waals surface area contributed by atoms with Crippen molar-refractivity contribution < 1.29 is 18.0 Å². The predicted octanol–water partition coefficient (Wildman–Crippen LogP) is 1.51. The SMILES string of the molecule is CC(C)(C)NC(=O)CCNC(=O)[C@@H]1CCCN(S(=O)(=O)c2cccc3nsnc23)C1. The summed E-state index contributed by atoms with van der Waals surface area (Å²) in [6, 6.07) is 4.89. The molecule has 1 saturated heterocycles. The summed E-state index contributed by atoms with van der Waals surface area (Å²) >= 11 is 0.970. The van der Waals surface area contributed by atoms with E-state index in [9.17, 15) is 18.0 Å². The van der Waals surface area contributed by atoms with Crippen LogP contribution >= 0.6 is 11.7 Å². The number of carbonyl (C=O) groups is 2. The highest BCUT2D eigenvalue weighted by atomic mass is 32.2. The van der Waals surface area contributed by atoms with E-state index in [0.717, 1.165) is 11.7 Å². The number of nitrogens with zero attached hydrogens (tertiary/aromatic N) is 3. The van der Waals surface area contributed by atoms with Gasteiger partial charge in [-0.1, -0.05) is 6.07 Å². The minimum absolute atomic E-state index is 0.107. The van der Waals surface area contributed by atoms with Crippen molar-refractivity contribution in [2.24, 2.45) is 5.92 Å². The minimum atomic E-state index is -3.79. The van der Waals surface area contributed by atoms with E-state index in [1.165, 1.54) is 10.4 Å². The maximum Gasteiger partial charge on any atom is 0.245 e. The number of benzene rings is 1. The molecule has 1 aliphatic rings. The molecule has 1 fully saturated rings. The lowest BCUT2D eigenvalue weighted by molar-refractivity contribution is -0.126. The van der Waals surface area contributed by atoms with Gasteiger partial charge in [0.2, 0.25) is 21.8 Å². The van der Waals surface area contributed by atoms with Gasteiger partial charge in [-0.05, 0) is 45.7 Å². The average molecular weight is 454 g/mol. The van der Waals surface area contributed by atoms with E-state index in [-0.39, 0.29) is 41.8 Å². The van der Waals surface area contributed by atoms with E-state index >= 15 is 0 Å². The van der Waals surface area contributed by atoms with Crippen LogP contribution in [0, 0.1) is 5.92 Å². The van der Waals surface area contributed by atoms with Gasteiger partial charge in [0.15, 0.2) is 0 Å². The molecular formula is C19H27N5O4S2. The van der Waals surface area contributed by atoms with Crippen molar-refractivity contribution in [1.82, 2.24) is 23.7 Å². The molecule has 0 radical (unpaired) electrons. The fraction of sp³-hybridized carbons (Fsp3) is 0.579. The summed E-state index contributed by atoms with van der Waals surface area (Å²) in [5.74, 6) is -0.820. The molecule has 1 aromatic carbocycles. The van der Waals surface area contributed by atoms with E-state index in [1.807, 2.05) is 20.8 Å². The zero-order valence-corrected chi connectivity index (χ0v) is 19.0. The maximum atomic E-state index is 13.2. The first-order valence-corrected chi connectivity index (χ1v) is 12.0. The molecule has 9 nitrogen and oxygen atoms in total. The molecule has 1 aliphatic heterocycles. The maximum absolute atomic E-state index is 13.2. The normalized spacial score (nSPS) is 18.3. The third kappa shape index (κ3) is 5.32. The number of hydrogen-bond acceptors (Lipinski definition) is 7. The lowest BCUT2D eigenvalue weighted by Crippen LogP contribution is -2.46. The van der Waals surface area contributed by atoms with Crippen LogP contribution in [0.5, 0.6) is 0 Å². The molecule has 2 aromatic rings. The molecule has 0 spiro atoms. The van der Waals surface area contributed by atoms with Gasteiger partial charge >= 0.3 is 0 Å². The Labute approximate surface area is 180 Å². The van der Waals surface area contributed by atoms with Gasteiger partial charge in [0.1, 0.15) is 15.9 Å². The number of rotatable bonds is 6. The highest BCUT2D eigenvalue weighted by molar-refractivity contribution is 7.89. The van der Waals surface area contributed by atoms with Gasteiger partial charge in [0.05, 0.1) is 17.6 Å². The van der Waals surface area contributed by atoms with Crippen molar-refractivity contribution in [1.29, 1.82) is 0 Å². The molecule has 2 amide bonds. The van der Waals surface area contributed by atoms with Gasteiger partial charge in [0.25, 0.3) is 0 Å². The number of sulfonamides is 1. The summed E-state index contributed by atoms with van der Waals surface area (Å²) in [5.41, 5.74) is 0.578. The van der Waals surface area contributed by atoms with Crippen molar-refractivity contribution in [3.8, 4) is 0 Å². The smallest absolute Gasteiger partial charge is 0.245 e. The zero-order valence-electron chi connectivity index (χ0n) is 17.3. The summed E-state index contributed by atoms with van der Waals surface area (Å²) in [6.45, 7) is 6.35. The Hall–Kier alpha value is -2.11. The molecule has 30 heavy (non-hydrogen) atoms. The number of nitrogens with one attached hydrogen (secondary N) is 2. The molecule has 2 N–H and O–H groups in total. The van der Waals surface area contributed by atoms with Gasteiger partial charge in [-0.25, -0.2) is 8.42 Å². The highest BCUT2D eigenvalue weighted by Gasteiger charge is 2.34. The van der Waals surface area contributed by atoms with E-state index in [4.69, 9.17) is 0 Å². The summed E-state index contributed by atoms with van der Waals surface area (Å²) in [7, 11) is -3.79. The van der Waals surface area contributed by atoms with Crippen LogP contribution in [0.3, 0.4) is 0 Å². The van der Waals surface area contributed by atoms with Crippen LogP contribution < -0.4 is 10.6 Å². The van der Waals surface area contributed by atoms with E-state index in [0.29, 0.717) is 30.4 Å². The third-order valence-electron chi connectivity index (χ3n) is 4.79. The second kappa shape index (κ2) is 8.94. The Bertz CT molecular complexity index is 1030. The highest BCUT2D eigenvalue weighted by Crippen LogP contribution is 2.28. The monoisotopic (exact) mass is 453 g/mol. The van der Waals surface area contributed by atoms with Gasteiger partial charge in [-0.15, -0.1) is 0 Å². The molecule has 2 heterocycles. The number of hydrogen-bond donors (Lipinski definition) is 2. The first-order valence-electron chi connectivity index (χ1n) is 9.88. The Morgan fingerprint density at radius 3 is 2.77 bits per heavy atom. The number of amides is 2. The van der Waals surface area contributed by atoms with Crippen molar-refractivity contribution >= 4 is 44.6 Å². The minimum Gasteiger partial charge on any atom is -0.355 e. The molecular weight excluding hydrogens is 426 g/mol. The Kier molecular flexibility index (Phi) is 6.73. The summed E-state index contributed by atoms with van der Waals surface area (Å²) in [6.07, 6.45) is 1.37. The van der Waals surface area contributed by atoms with Crippen molar-refractivity contribution in [2.75, 3.05) is 19.6 Å². The molecule has 0 aliphatic carbocycles. The Morgan fingerprint density at radius 1 is 1.27 bits per heavy atom. The lowest BCUT2D eigenvalue weighted by Gasteiger charge is -2.31.